The van der Waals surface area contributed by atoms with E-state index in [-0.39, 0.29) is 11.3 Å². The Balaban J connectivity index is 2.02. The first-order valence-electron chi connectivity index (χ1n) is 6.85. The van der Waals surface area contributed by atoms with E-state index in [1.54, 1.807) is 24.3 Å². The number of thiazole rings is 1. The SMILES string of the molecule is O=C(C=c1[nH]c(=O)c(=Cc2ccc(Br)cc2F)s1)c1ccncc1. The van der Waals surface area contributed by atoms with Crippen LogP contribution in [0.3, 0.4) is 0 Å². The van der Waals surface area contributed by atoms with Crippen molar-refractivity contribution in [2.24, 2.45) is 0 Å². The van der Waals surface area contributed by atoms with Gasteiger partial charge in [-0.1, -0.05) is 22.0 Å². The summed E-state index contributed by atoms with van der Waals surface area (Å²) in [6, 6.07) is 7.78. The highest BCUT2D eigenvalue weighted by Crippen LogP contribution is 2.15. The van der Waals surface area contributed by atoms with Gasteiger partial charge in [0, 0.05) is 34.1 Å². The van der Waals surface area contributed by atoms with Crippen LogP contribution in [0, 0.1) is 5.82 Å². The third-order valence-electron chi connectivity index (χ3n) is 3.16. The van der Waals surface area contributed by atoms with Gasteiger partial charge in [-0.3, -0.25) is 14.6 Å². The van der Waals surface area contributed by atoms with E-state index in [0.717, 1.165) is 11.3 Å². The summed E-state index contributed by atoms with van der Waals surface area (Å²) in [6.45, 7) is 0. The Morgan fingerprint density at radius 2 is 2.00 bits per heavy atom. The Morgan fingerprint density at radius 1 is 1.25 bits per heavy atom. The number of benzene rings is 1. The maximum absolute atomic E-state index is 13.9. The number of halogens is 2. The number of aromatic amines is 1. The lowest BCUT2D eigenvalue weighted by molar-refractivity contribution is 0.106. The van der Waals surface area contributed by atoms with Crippen molar-refractivity contribution in [3.63, 3.8) is 0 Å². The van der Waals surface area contributed by atoms with E-state index in [2.05, 4.69) is 25.9 Å². The lowest BCUT2D eigenvalue weighted by atomic mass is 10.2. The Kier molecular flexibility index (Phi) is 4.82. The zero-order valence-corrected chi connectivity index (χ0v) is 14.5. The van der Waals surface area contributed by atoms with Crippen molar-refractivity contribution in [3.05, 3.63) is 83.7 Å². The molecule has 2 aromatic heterocycles. The lowest BCUT2D eigenvalue weighted by Gasteiger charge is -1.95. The number of hydrogen-bond acceptors (Lipinski definition) is 4. The largest absolute Gasteiger partial charge is 0.313 e. The van der Waals surface area contributed by atoms with Crippen molar-refractivity contribution in [3.8, 4) is 0 Å². The van der Waals surface area contributed by atoms with Gasteiger partial charge >= 0.3 is 0 Å². The van der Waals surface area contributed by atoms with Crippen LogP contribution in [0.5, 0.6) is 0 Å². The first-order chi connectivity index (χ1) is 11.5. The van der Waals surface area contributed by atoms with Gasteiger partial charge < -0.3 is 4.98 Å². The predicted molar refractivity (Wildman–Crippen MR) is 94.9 cm³/mol. The maximum Gasteiger partial charge on any atom is 0.266 e. The maximum atomic E-state index is 13.9. The van der Waals surface area contributed by atoms with Crippen molar-refractivity contribution in [1.82, 2.24) is 9.97 Å². The van der Waals surface area contributed by atoms with Crippen LogP contribution in [0.1, 0.15) is 15.9 Å². The minimum absolute atomic E-state index is 0.240. The molecule has 1 N–H and O–H groups in total. The molecule has 0 aliphatic rings. The molecule has 0 aliphatic heterocycles. The number of pyridine rings is 1. The predicted octanol–water partition coefficient (Wildman–Crippen LogP) is 2.23. The molecule has 0 unspecified atom stereocenters. The number of carbonyl (C=O) groups excluding carboxylic acids is 1. The molecule has 2 heterocycles. The van der Waals surface area contributed by atoms with E-state index < -0.39 is 5.82 Å². The number of hydrogen-bond donors (Lipinski definition) is 1. The summed E-state index contributed by atoms with van der Waals surface area (Å²) in [4.78, 5) is 30.6. The molecule has 24 heavy (non-hydrogen) atoms. The average Bonchev–Trinajstić information content (AvgIpc) is 2.90. The van der Waals surface area contributed by atoms with Gasteiger partial charge in [-0.05, 0) is 30.3 Å². The van der Waals surface area contributed by atoms with Gasteiger partial charge in [0.1, 0.15) is 5.82 Å². The molecule has 3 aromatic rings. The van der Waals surface area contributed by atoms with Crippen molar-refractivity contribution in [2.45, 2.75) is 0 Å². The molecule has 0 spiro atoms. The Morgan fingerprint density at radius 3 is 2.71 bits per heavy atom. The molecule has 0 atom stereocenters. The van der Waals surface area contributed by atoms with Crippen LogP contribution >= 0.6 is 27.3 Å². The van der Waals surface area contributed by atoms with E-state index in [9.17, 15) is 14.0 Å². The number of aromatic nitrogens is 2. The molecule has 0 saturated heterocycles. The highest BCUT2D eigenvalue weighted by atomic mass is 79.9. The second-order valence-electron chi connectivity index (χ2n) is 4.84. The van der Waals surface area contributed by atoms with Gasteiger partial charge in [0.05, 0.1) is 9.20 Å². The molecule has 0 amide bonds. The van der Waals surface area contributed by atoms with Crippen LogP contribution in [0.4, 0.5) is 4.39 Å². The van der Waals surface area contributed by atoms with Crippen molar-refractivity contribution < 1.29 is 9.18 Å². The second kappa shape index (κ2) is 7.02. The van der Waals surface area contributed by atoms with Gasteiger partial charge in [0.15, 0.2) is 5.78 Å². The number of nitrogens with zero attached hydrogens (tertiary/aromatic N) is 1. The topological polar surface area (TPSA) is 62.8 Å². The van der Waals surface area contributed by atoms with Crippen molar-refractivity contribution in [1.29, 1.82) is 0 Å². The van der Waals surface area contributed by atoms with Crippen molar-refractivity contribution >= 4 is 45.2 Å². The smallest absolute Gasteiger partial charge is 0.266 e. The molecule has 0 fully saturated rings. The number of nitrogens with one attached hydrogen (secondary N) is 1. The van der Waals surface area contributed by atoms with E-state index in [4.69, 9.17) is 0 Å². The molecular weight excluding hydrogens is 395 g/mol. The first-order valence-corrected chi connectivity index (χ1v) is 8.46. The van der Waals surface area contributed by atoms with E-state index in [1.165, 1.54) is 30.6 Å². The summed E-state index contributed by atoms with van der Waals surface area (Å²) in [5.74, 6) is -0.674. The van der Waals surface area contributed by atoms with Crippen LogP contribution in [0.15, 0.2) is 52.0 Å². The van der Waals surface area contributed by atoms with E-state index in [0.29, 0.717) is 24.8 Å². The summed E-state index contributed by atoms with van der Waals surface area (Å²) in [5.41, 5.74) is 0.414. The molecule has 7 heteroatoms. The molecule has 1 aromatic carbocycles. The number of ketones is 1. The molecule has 120 valence electrons. The highest BCUT2D eigenvalue weighted by molar-refractivity contribution is 9.10. The summed E-state index contributed by atoms with van der Waals surface area (Å²) in [7, 11) is 0. The van der Waals surface area contributed by atoms with E-state index >= 15 is 0 Å². The number of carbonyl (C=O) groups is 1. The van der Waals surface area contributed by atoms with Crippen molar-refractivity contribution in [2.75, 3.05) is 0 Å². The zero-order chi connectivity index (χ0) is 17.1. The van der Waals surface area contributed by atoms with E-state index in [1.807, 2.05) is 0 Å². The fourth-order valence-corrected chi connectivity index (χ4v) is 3.21. The van der Waals surface area contributed by atoms with Gasteiger partial charge in [-0.15, -0.1) is 11.3 Å². The first kappa shape index (κ1) is 16.5. The monoisotopic (exact) mass is 404 g/mol. The second-order valence-corrected chi connectivity index (χ2v) is 6.84. The normalized spacial score (nSPS) is 12.6. The van der Waals surface area contributed by atoms with Crippen LogP contribution in [0.2, 0.25) is 0 Å². The molecule has 0 saturated carbocycles. The number of Topliss-reactive ketones (excluding diaryl/α,β-unsaturated/α-hetero) is 1. The molecule has 0 aliphatic carbocycles. The fraction of sp³-hybridized carbons (Fsp3) is 0. The van der Waals surface area contributed by atoms with Crippen LogP contribution in [-0.4, -0.2) is 15.8 Å². The molecule has 0 radical (unpaired) electrons. The molecule has 3 rings (SSSR count). The minimum atomic E-state index is -0.435. The van der Waals surface area contributed by atoms with Gasteiger partial charge in [-0.2, -0.15) is 0 Å². The highest BCUT2D eigenvalue weighted by Gasteiger charge is 2.04. The minimum Gasteiger partial charge on any atom is -0.313 e. The summed E-state index contributed by atoms with van der Waals surface area (Å²) < 4.78 is 15.2. The quantitative estimate of drug-likeness (QED) is 0.680. The summed E-state index contributed by atoms with van der Waals surface area (Å²) in [6.07, 6.45) is 5.84. The molecule has 0 bridgehead atoms. The van der Waals surface area contributed by atoms with Crippen LogP contribution in [0.25, 0.3) is 12.2 Å². The van der Waals surface area contributed by atoms with Crippen LogP contribution in [-0.2, 0) is 0 Å². The fourth-order valence-electron chi connectivity index (χ4n) is 2.00. The lowest BCUT2D eigenvalue weighted by Crippen LogP contribution is -2.20. The number of H-pyrrole nitrogens is 1. The van der Waals surface area contributed by atoms with Gasteiger partial charge in [-0.25, -0.2) is 4.39 Å². The average molecular weight is 405 g/mol. The molecular formula is C17H10BrFN2O2S. The Labute approximate surface area is 148 Å². The van der Waals surface area contributed by atoms with Gasteiger partial charge in [0.2, 0.25) is 0 Å². The third kappa shape index (κ3) is 3.74. The third-order valence-corrected chi connectivity index (χ3v) is 4.61. The zero-order valence-electron chi connectivity index (χ0n) is 12.1. The summed E-state index contributed by atoms with van der Waals surface area (Å²) in [5, 5.41) is 0. The standard InChI is InChI=1S/C17H10BrFN2O2S/c18-12-2-1-11(13(19)8-12)7-15-17(23)21-16(24-15)9-14(22)10-3-5-20-6-4-10/h1-9H,(H,21,23). The van der Waals surface area contributed by atoms with Gasteiger partial charge in [0.25, 0.3) is 5.56 Å². The van der Waals surface area contributed by atoms with Crippen LogP contribution < -0.4 is 14.8 Å². The number of rotatable bonds is 3. The Bertz CT molecular complexity index is 1070. The molecule has 4 nitrogen and oxygen atoms in total. The summed E-state index contributed by atoms with van der Waals surface area (Å²) >= 11 is 4.28. The Hall–Kier alpha value is -2.38.